The highest BCUT2D eigenvalue weighted by atomic mass is 35.5. The van der Waals surface area contributed by atoms with E-state index in [9.17, 15) is 8.42 Å². The van der Waals surface area contributed by atoms with Gasteiger partial charge in [-0.1, -0.05) is 17.7 Å². The van der Waals surface area contributed by atoms with Crippen molar-refractivity contribution >= 4 is 27.3 Å². The van der Waals surface area contributed by atoms with Crippen molar-refractivity contribution in [2.75, 3.05) is 31.1 Å². The fraction of sp³-hybridized carbons (Fsp3) is 0.438. The molecule has 0 amide bonds. The molecule has 8 heteroatoms. The summed E-state index contributed by atoms with van der Waals surface area (Å²) in [6.45, 7) is 4.39. The van der Waals surface area contributed by atoms with Gasteiger partial charge in [0.05, 0.1) is 6.20 Å². The van der Waals surface area contributed by atoms with E-state index in [1.165, 1.54) is 10.9 Å². The molecule has 0 N–H and O–H groups in total. The lowest BCUT2D eigenvalue weighted by molar-refractivity contribution is 0.433. The first-order valence-corrected chi connectivity index (χ1v) is 9.70. The van der Waals surface area contributed by atoms with E-state index in [1.807, 2.05) is 25.1 Å². The molecule has 1 aromatic carbocycles. The molecule has 130 valence electrons. The third-order valence-corrected chi connectivity index (χ3v) is 6.61. The molecule has 1 fully saturated rings. The van der Waals surface area contributed by atoms with Crippen LogP contribution in [0.2, 0.25) is 5.02 Å². The lowest BCUT2D eigenvalue weighted by atomic mass is 10.1. The molecule has 0 aliphatic carbocycles. The van der Waals surface area contributed by atoms with E-state index in [0.29, 0.717) is 19.6 Å². The highest BCUT2D eigenvalue weighted by Crippen LogP contribution is 2.28. The second-order valence-corrected chi connectivity index (χ2v) is 8.32. The van der Waals surface area contributed by atoms with Gasteiger partial charge in [-0.05, 0) is 31.0 Å². The van der Waals surface area contributed by atoms with E-state index in [1.54, 1.807) is 17.5 Å². The summed E-state index contributed by atoms with van der Waals surface area (Å²) < 4.78 is 28.6. The van der Waals surface area contributed by atoms with Crippen LogP contribution in [0.3, 0.4) is 0 Å². The van der Waals surface area contributed by atoms with Crippen molar-refractivity contribution in [1.29, 1.82) is 0 Å². The maximum Gasteiger partial charge on any atom is 0.246 e. The average molecular weight is 369 g/mol. The Balaban J connectivity index is 1.79. The normalized spacial score (nSPS) is 17.0. The lowest BCUT2D eigenvalue weighted by Crippen LogP contribution is -2.35. The largest absolute Gasteiger partial charge is 0.370 e. The van der Waals surface area contributed by atoms with E-state index in [-0.39, 0.29) is 4.90 Å². The molecular formula is C16H21ClN4O2S. The van der Waals surface area contributed by atoms with Gasteiger partial charge >= 0.3 is 0 Å². The number of hydrogen-bond acceptors (Lipinski definition) is 4. The number of hydrogen-bond donors (Lipinski definition) is 0. The summed E-state index contributed by atoms with van der Waals surface area (Å²) in [5, 5.41) is 4.70. The van der Waals surface area contributed by atoms with E-state index in [0.717, 1.165) is 29.2 Å². The number of halogens is 1. The van der Waals surface area contributed by atoms with E-state index < -0.39 is 10.0 Å². The Bertz CT molecular complexity index is 834. The van der Waals surface area contributed by atoms with Crippen LogP contribution in [0, 0.1) is 6.92 Å². The molecule has 1 saturated heterocycles. The van der Waals surface area contributed by atoms with Crippen LogP contribution in [0.1, 0.15) is 12.0 Å². The Morgan fingerprint density at radius 2 is 1.96 bits per heavy atom. The molecule has 2 heterocycles. The van der Waals surface area contributed by atoms with Crippen molar-refractivity contribution in [1.82, 2.24) is 14.1 Å². The summed E-state index contributed by atoms with van der Waals surface area (Å²) >= 11 is 6.22. The van der Waals surface area contributed by atoms with Crippen molar-refractivity contribution in [3.63, 3.8) is 0 Å². The molecule has 24 heavy (non-hydrogen) atoms. The summed E-state index contributed by atoms with van der Waals surface area (Å²) in [6.07, 6.45) is 3.71. The van der Waals surface area contributed by atoms with Crippen LogP contribution in [0.5, 0.6) is 0 Å². The van der Waals surface area contributed by atoms with Crippen LogP contribution in [-0.4, -0.2) is 48.7 Å². The molecule has 0 bridgehead atoms. The maximum atomic E-state index is 12.8. The third-order valence-electron chi connectivity index (χ3n) is 4.35. The molecular weight excluding hydrogens is 348 g/mol. The Morgan fingerprint density at radius 3 is 2.67 bits per heavy atom. The molecule has 6 nitrogen and oxygen atoms in total. The van der Waals surface area contributed by atoms with Crippen molar-refractivity contribution in [2.45, 2.75) is 18.2 Å². The number of anilines is 1. The first-order chi connectivity index (χ1) is 11.4. The van der Waals surface area contributed by atoms with Gasteiger partial charge in [0.25, 0.3) is 0 Å². The smallest absolute Gasteiger partial charge is 0.246 e. The zero-order chi connectivity index (χ0) is 17.3. The lowest BCUT2D eigenvalue weighted by Gasteiger charge is -2.25. The van der Waals surface area contributed by atoms with Crippen molar-refractivity contribution < 1.29 is 8.42 Å². The summed E-state index contributed by atoms with van der Waals surface area (Å²) in [5.41, 5.74) is 2.10. The number of benzene rings is 1. The van der Waals surface area contributed by atoms with Gasteiger partial charge in [0, 0.05) is 50.1 Å². The van der Waals surface area contributed by atoms with Gasteiger partial charge in [0.1, 0.15) is 4.90 Å². The molecule has 1 aliphatic rings. The molecule has 0 atom stereocenters. The fourth-order valence-electron chi connectivity index (χ4n) is 2.99. The van der Waals surface area contributed by atoms with Gasteiger partial charge in [0.15, 0.2) is 0 Å². The summed E-state index contributed by atoms with van der Waals surface area (Å²) in [4.78, 5) is 2.46. The first kappa shape index (κ1) is 17.3. The summed E-state index contributed by atoms with van der Waals surface area (Å²) in [5.74, 6) is 0. The van der Waals surface area contributed by atoms with E-state index >= 15 is 0 Å². The van der Waals surface area contributed by atoms with Crippen LogP contribution in [0.25, 0.3) is 0 Å². The van der Waals surface area contributed by atoms with Gasteiger partial charge in [-0.25, -0.2) is 8.42 Å². The topological polar surface area (TPSA) is 58.4 Å². The monoisotopic (exact) mass is 368 g/mol. The number of aromatic nitrogens is 2. The number of rotatable bonds is 3. The third kappa shape index (κ3) is 3.29. The number of sulfonamides is 1. The SMILES string of the molecule is Cc1c(Cl)cccc1N1CCCN(S(=O)(=O)c2cnn(C)c2)CC1. The van der Waals surface area contributed by atoms with Crippen LogP contribution in [-0.2, 0) is 17.1 Å². The molecule has 0 saturated carbocycles. The minimum absolute atomic E-state index is 0.248. The molecule has 1 aliphatic heterocycles. The second-order valence-electron chi connectivity index (χ2n) is 5.98. The standard InChI is InChI=1S/C16H21ClN4O2S/c1-13-15(17)5-3-6-16(13)20-7-4-8-21(10-9-20)24(22,23)14-11-18-19(2)12-14/h3,5-6,11-12H,4,7-10H2,1-2H3. The van der Waals surface area contributed by atoms with Crippen LogP contribution >= 0.6 is 11.6 Å². The fourth-order valence-corrected chi connectivity index (χ4v) is 4.62. The second kappa shape index (κ2) is 6.74. The highest BCUT2D eigenvalue weighted by molar-refractivity contribution is 7.89. The van der Waals surface area contributed by atoms with Gasteiger partial charge in [-0.15, -0.1) is 0 Å². The predicted octanol–water partition coefficient (Wildman–Crippen LogP) is 2.28. The minimum Gasteiger partial charge on any atom is -0.370 e. The summed E-state index contributed by atoms with van der Waals surface area (Å²) in [6, 6.07) is 5.84. The Hall–Kier alpha value is -1.57. The van der Waals surface area contributed by atoms with Gasteiger partial charge in [-0.3, -0.25) is 4.68 Å². The van der Waals surface area contributed by atoms with Gasteiger partial charge in [-0.2, -0.15) is 9.40 Å². The molecule has 1 aromatic heterocycles. The maximum absolute atomic E-state index is 12.8. The Morgan fingerprint density at radius 1 is 1.17 bits per heavy atom. The van der Waals surface area contributed by atoms with Crippen LogP contribution in [0.15, 0.2) is 35.5 Å². The predicted molar refractivity (Wildman–Crippen MR) is 95.0 cm³/mol. The first-order valence-electron chi connectivity index (χ1n) is 7.88. The van der Waals surface area contributed by atoms with E-state index in [2.05, 4.69) is 10.00 Å². The molecule has 0 spiro atoms. The van der Waals surface area contributed by atoms with Crippen molar-refractivity contribution in [2.24, 2.45) is 7.05 Å². The Labute approximate surface area is 147 Å². The molecule has 2 aromatic rings. The van der Waals surface area contributed by atoms with E-state index in [4.69, 9.17) is 11.6 Å². The van der Waals surface area contributed by atoms with Gasteiger partial charge < -0.3 is 4.90 Å². The average Bonchev–Trinajstić information content (AvgIpc) is 2.84. The zero-order valence-electron chi connectivity index (χ0n) is 13.8. The zero-order valence-corrected chi connectivity index (χ0v) is 15.4. The molecule has 0 unspecified atom stereocenters. The highest BCUT2D eigenvalue weighted by Gasteiger charge is 2.28. The molecule has 0 radical (unpaired) electrons. The summed E-state index contributed by atoms with van der Waals surface area (Å²) in [7, 11) is -1.78. The molecule has 3 rings (SSSR count). The van der Waals surface area contributed by atoms with Crippen molar-refractivity contribution in [3.05, 3.63) is 41.2 Å². The van der Waals surface area contributed by atoms with Crippen LogP contribution in [0.4, 0.5) is 5.69 Å². The van der Waals surface area contributed by atoms with Gasteiger partial charge in [0.2, 0.25) is 10.0 Å². The Kier molecular flexibility index (Phi) is 4.85. The van der Waals surface area contributed by atoms with Crippen LogP contribution < -0.4 is 4.90 Å². The number of nitrogens with zero attached hydrogens (tertiary/aromatic N) is 4. The van der Waals surface area contributed by atoms with Crippen molar-refractivity contribution in [3.8, 4) is 0 Å². The quantitative estimate of drug-likeness (QED) is 0.834. The number of aryl methyl sites for hydroxylation is 1. The minimum atomic E-state index is -3.49.